The van der Waals surface area contributed by atoms with Crippen LogP contribution in [0.3, 0.4) is 0 Å². The van der Waals surface area contributed by atoms with Crippen LogP contribution in [0.4, 0.5) is 13.2 Å². The van der Waals surface area contributed by atoms with Gasteiger partial charge in [0.05, 0.1) is 5.01 Å². The molecule has 0 radical (unpaired) electrons. The Morgan fingerprint density at radius 3 is 2.54 bits per heavy atom. The summed E-state index contributed by atoms with van der Waals surface area (Å²) in [5.74, 6) is 0.426. The van der Waals surface area contributed by atoms with E-state index in [1.807, 2.05) is 13.8 Å². The van der Waals surface area contributed by atoms with E-state index in [-0.39, 0.29) is 11.9 Å². The molecule has 0 aromatic carbocycles. The highest BCUT2D eigenvalue weighted by molar-refractivity contribution is 7.09. The molecule has 1 aromatic heterocycles. The second kappa shape index (κ2) is 9.45. The predicted molar refractivity (Wildman–Crippen MR) is 88.1 cm³/mol. The van der Waals surface area contributed by atoms with Crippen LogP contribution in [0.5, 0.6) is 0 Å². The van der Waals surface area contributed by atoms with Crippen LogP contribution >= 0.6 is 11.3 Å². The van der Waals surface area contributed by atoms with Crippen molar-refractivity contribution in [3.63, 3.8) is 0 Å². The summed E-state index contributed by atoms with van der Waals surface area (Å²) in [4.78, 5) is 19.0. The number of hydrogen-bond donors (Lipinski definition) is 3. The third kappa shape index (κ3) is 7.62. The smallest absolute Gasteiger partial charge is 0.356 e. The van der Waals surface area contributed by atoms with Crippen LogP contribution in [0.2, 0.25) is 0 Å². The Morgan fingerprint density at radius 2 is 2.00 bits per heavy atom. The molecule has 3 N–H and O–H groups in total. The van der Waals surface area contributed by atoms with Crippen molar-refractivity contribution in [2.45, 2.75) is 38.9 Å². The van der Waals surface area contributed by atoms with E-state index >= 15 is 0 Å². The first-order chi connectivity index (χ1) is 11.2. The molecule has 0 atom stereocenters. The number of guanidine groups is 1. The number of rotatable bonds is 7. The fourth-order valence-corrected chi connectivity index (χ4v) is 2.56. The van der Waals surface area contributed by atoms with Crippen molar-refractivity contribution in [2.75, 3.05) is 20.1 Å². The molecule has 0 aliphatic carbocycles. The first-order valence-corrected chi connectivity index (χ1v) is 8.35. The Labute approximate surface area is 143 Å². The Bertz CT molecular complexity index is 557. The van der Waals surface area contributed by atoms with Crippen molar-refractivity contribution in [1.82, 2.24) is 20.9 Å². The van der Waals surface area contributed by atoms with E-state index in [4.69, 9.17) is 0 Å². The number of hydrogen-bond acceptors (Lipinski definition) is 4. The van der Waals surface area contributed by atoms with Gasteiger partial charge in [0.15, 0.2) is 11.7 Å². The highest BCUT2D eigenvalue weighted by Crippen LogP contribution is 2.29. The number of alkyl halides is 3. The zero-order chi connectivity index (χ0) is 18.2. The van der Waals surface area contributed by atoms with E-state index in [0.717, 1.165) is 16.7 Å². The van der Waals surface area contributed by atoms with Crippen LogP contribution in [-0.4, -0.2) is 43.0 Å². The summed E-state index contributed by atoms with van der Waals surface area (Å²) in [6.07, 6.45) is -3.74. The summed E-state index contributed by atoms with van der Waals surface area (Å²) in [7, 11) is 1.58. The summed E-state index contributed by atoms with van der Waals surface area (Å²) in [6.45, 7) is 4.57. The number of aromatic nitrogens is 1. The summed E-state index contributed by atoms with van der Waals surface area (Å²) in [5, 5.41) is 10.1. The van der Waals surface area contributed by atoms with Crippen LogP contribution in [0.25, 0.3) is 0 Å². The number of amides is 1. The molecular weight excluding hydrogens is 343 g/mol. The number of nitrogens with zero attached hydrogens (tertiary/aromatic N) is 2. The molecule has 1 heterocycles. The lowest BCUT2D eigenvalue weighted by atomic mass is 10.3. The molecule has 24 heavy (non-hydrogen) atoms. The van der Waals surface area contributed by atoms with Crippen molar-refractivity contribution in [1.29, 1.82) is 0 Å². The molecular formula is C14H22F3N5OS. The minimum absolute atomic E-state index is 0.0598. The Kier molecular flexibility index (Phi) is 7.96. The van der Waals surface area contributed by atoms with Crippen molar-refractivity contribution in [2.24, 2.45) is 4.99 Å². The van der Waals surface area contributed by atoms with Crippen LogP contribution in [0, 0.1) is 0 Å². The second-order valence-corrected chi connectivity index (χ2v) is 6.21. The van der Waals surface area contributed by atoms with E-state index in [0.29, 0.717) is 36.9 Å². The molecule has 0 unspecified atom stereocenters. The van der Waals surface area contributed by atoms with Crippen molar-refractivity contribution >= 4 is 23.2 Å². The standard InChI is InChI=1S/C14H22F3N5OS/c1-9(2)21-11(23)4-6-19-13(18-3)20-7-5-12-22-10(8-24-12)14(15,16)17/h8-9H,4-7H2,1-3H3,(H,21,23)(H2,18,19,20). The van der Waals surface area contributed by atoms with Crippen LogP contribution in [0.1, 0.15) is 31.0 Å². The van der Waals surface area contributed by atoms with Gasteiger partial charge in [-0.25, -0.2) is 4.98 Å². The van der Waals surface area contributed by atoms with Gasteiger partial charge in [0.2, 0.25) is 5.91 Å². The van der Waals surface area contributed by atoms with Gasteiger partial charge < -0.3 is 16.0 Å². The maximum Gasteiger partial charge on any atom is 0.434 e. The minimum Gasteiger partial charge on any atom is -0.356 e. The Balaban J connectivity index is 2.29. The SMILES string of the molecule is CN=C(NCCC(=O)NC(C)C)NCCc1nc(C(F)(F)F)cs1. The van der Waals surface area contributed by atoms with Gasteiger partial charge in [-0.2, -0.15) is 13.2 Å². The molecule has 0 aliphatic rings. The van der Waals surface area contributed by atoms with E-state index in [9.17, 15) is 18.0 Å². The lowest BCUT2D eigenvalue weighted by molar-refractivity contribution is -0.140. The molecule has 136 valence electrons. The van der Waals surface area contributed by atoms with Gasteiger partial charge in [0.1, 0.15) is 0 Å². The normalized spacial score (nSPS) is 12.4. The van der Waals surface area contributed by atoms with Gasteiger partial charge in [-0.3, -0.25) is 9.79 Å². The molecule has 10 heteroatoms. The van der Waals surface area contributed by atoms with Crippen molar-refractivity contribution in [3.05, 3.63) is 16.1 Å². The highest BCUT2D eigenvalue weighted by Gasteiger charge is 2.33. The van der Waals surface area contributed by atoms with Crippen molar-refractivity contribution < 1.29 is 18.0 Å². The van der Waals surface area contributed by atoms with E-state index in [1.165, 1.54) is 0 Å². The van der Waals surface area contributed by atoms with Gasteiger partial charge in [-0.15, -0.1) is 11.3 Å². The molecule has 0 aliphatic heterocycles. The summed E-state index contributed by atoms with van der Waals surface area (Å²) in [6, 6.07) is 0.0924. The molecule has 0 saturated heterocycles. The minimum atomic E-state index is -4.41. The Hall–Kier alpha value is -1.84. The topological polar surface area (TPSA) is 78.4 Å². The number of halogens is 3. The molecule has 6 nitrogen and oxygen atoms in total. The first kappa shape index (κ1) is 20.2. The third-order valence-corrected chi connectivity index (χ3v) is 3.70. The highest BCUT2D eigenvalue weighted by atomic mass is 32.1. The largest absolute Gasteiger partial charge is 0.434 e. The zero-order valence-electron chi connectivity index (χ0n) is 13.8. The van der Waals surface area contributed by atoms with Gasteiger partial charge in [-0.1, -0.05) is 0 Å². The average molecular weight is 365 g/mol. The molecule has 0 bridgehead atoms. The first-order valence-electron chi connectivity index (χ1n) is 7.48. The van der Waals surface area contributed by atoms with Gasteiger partial charge in [0.25, 0.3) is 0 Å². The van der Waals surface area contributed by atoms with Crippen molar-refractivity contribution in [3.8, 4) is 0 Å². The Morgan fingerprint density at radius 1 is 1.33 bits per heavy atom. The number of carbonyl (C=O) groups is 1. The monoisotopic (exact) mass is 365 g/mol. The molecule has 0 saturated carbocycles. The zero-order valence-corrected chi connectivity index (χ0v) is 14.6. The number of thiazole rings is 1. The molecule has 1 amide bonds. The van der Waals surface area contributed by atoms with E-state index in [1.54, 1.807) is 7.05 Å². The molecule has 0 spiro atoms. The predicted octanol–water partition coefficient (Wildman–Crippen LogP) is 1.78. The van der Waals surface area contributed by atoms with Gasteiger partial charge in [0, 0.05) is 44.4 Å². The lowest BCUT2D eigenvalue weighted by Crippen LogP contribution is -2.40. The van der Waals surface area contributed by atoms with E-state index < -0.39 is 11.9 Å². The summed E-state index contributed by atoms with van der Waals surface area (Å²) in [5.41, 5.74) is -0.860. The van der Waals surface area contributed by atoms with Crippen LogP contribution in [-0.2, 0) is 17.4 Å². The molecule has 1 rings (SSSR count). The third-order valence-electron chi connectivity index (χ3n) is 2.79. The lowest BCUT2D eigenvalue weighted by Gasteiger charge is -2.12. The fourth-order valence-electron chi connectivity index (χ4n) is 1.75. The second-order valence-electron chi connectivity index (χ2n) is 5.27. The quantitative estimate of drug-likeness (QED) is 0.508. The molecule has 0 fully saturated rings. The summed E-state index contributed by atoms with van der Waals surface area (Å²) < 4.78 is 37.4. The number of carbonyl (C=O) groups excluding carboxylic acids is 1. The van der Waals surface area contributed by atoms with Crippen LogP contribution in [0.15, 0.2) is 10.4 Å². The number of nitrogens with one attached hydrogen (secondary N) is 3. The number of aliphatic imine (C=N–C) groups is 1. The van der Waals surface area contributed by atoms with Gasteiger partial charge >= 0.3 is 6.18 Å². The van der Waals surface area contributed by atoms with Gasteiger partial charge in [-0.05, 0) is 13.8 Å². The fraction of sp³-hybridized carbons (Fsp3) is 0.643. The van der Waals surface area contributed by atoms with Crippen LogP contribution < -0.4 is 16.0 Å². The summed E-state index contributed by atoms with van der Waals surface area (Å²) >= 11 is 0.979. The average Bonchev–Trinajstić information content (AvgIpc) is 2.93. The van der Waals surface area contributed by atoms with E-state index in [2.05, 4.69) is 25.9 Å². The molecule has 1 aromatic rings. The maximum atomic E-state index is 12.5. The maximum absolute atomic E-state index is 12.5.